The number of benzene rings is 2. The number of nitrogens with zero attached hydrogens (tertiary/aromatic N) is 3. The third-order valence-corrected chi connectivity index (χ3v) is 5.90. The fraction of sp³-hybridized carbons (Fsp3) is 0.261. The van der Waals surface area contributed by atoms with Crippen LogP contribution < -0.4 is 10.5 Å². The van der Waals surface area contributed by atoms with Crippen LogP contribution in [0.2, 0.25) is 0 Å². The van der Waals surface area contributed by atoms with Gasteiger partial charge in [-0.2, -0.15) is 0 Å². The number of aliphatic imine (C=N–C) groups is 1. The minimum Gasteiger partial charge on any atom is -0.462 e. The molecule has 2 aromatic carbocycles. The molecule has 5 rings (SSSR count). The SMILES string of the molecule is COC(C)(C)c1ccc2c(c1)[C@]1(COC(N)=N1)c1cc(-c3cncnc3)ccc1O2. The molecule has 2 aliphatic rings. The van der Waals surface area contributed by atoms with Gasteiger partial charge in [-0.1, -0.05) is 12.1 Å². The first kappa shape index (κ1) is 18.6. The number of ether oxygens (including phenoxy) is 3. The molecule has 7 nitrogen and oxygen atoms in total. The predicted molar refractivity (Wildman–Crippen MR) is 112 cm³/mol. The lowest BCUT2D eigenvalue weighted by Crippen LogP contribution is -2.32. The van der Waals surface area contributed by atoms with Gasteiger partial charge < -0.3 is 19.9 Å². The lowest BCUT2D eigenvalue weighted by molar-refractivity contribution is 0.0190. The second-order valence-electron chi connectivity index (χ2n) is 7.96. The van der Waals surface area contributed by atoms with Crippen molar-refractivity contribution >= 4 is 6.02 Å². The van der Waals surface area contributed by atoms with Gasteiger partial charge in [-0.15, -0.1) is 0 Å². The molecule has 1 atom stereocenters. The van der Waals surface area contributed by atoms with E-state index in [4.69, 9.17) is 24.9 Å². The molecule has 1 aromatic heterocycles. The van der Waals surface area contributed by atoms with Gasteiger partial charge in [-0.3, -0.25) is 0 Å². The number of methoxy groups -OCH3 is 1. The van der Waals surface area contributed by atoms with Crippen LogP contribution in [0.1, 0.15) is 30.5 Å². The topological polar surface area (TPSA) is 91.9 Å². The van der Waals surface area contributed by atoms with Crippen LogP contribution in [-0.2, 0) is 20.6 Å². The molecule has 2 N–H and O–H groups in total. The minimum absolute atomic E-state index is 0.165. The summed E-state index contributed by atoms with van der Waals surface area (Å²) in [5, 5.41) is 0. The monoisotopic (exact) mass is 402 g/mol. The molecule has 0 aliphatic carbocycles. The Hall–Kier alpha value is -3.45. The summed E-state index contributed by atoms with van der Waals surface area (Å²) in [5.41, 5.74) is 9.43. The molecule has 0 radical (unpaired) electrons. The van der Waals surface area contributed by atoms with Gasteiger partial charge in [0.15, 0.2) is 5.54 Å². The first-order chi connectivity index (χ1) is 14.4. The van der Waals surface area contributed by atoms with Gasteiger partial charge in [-0.05, 0) is 49.2 Å². The average Bonchev–Trinajstić information content (AvgIpc) is 3.16. The Balaban J connectivity index is 1.73. The zero-order chi connectivity index (χ0) is 20.9. The van der Waals surface area contributed by atoms with Crippen LogP contribution in [0.25, 0.3) is 11.1 Å². The van der Waals surface area contributed by atoms with Gasteiger partial charge in [0.05, 0.1) is 5.60 Å². The highest BCUT2D eigenvalue weighted by atomic mass is 16.5. The van der Waals surface area contributed by atoms with E-state index in [1.54, 1.807) is 19.5 Å². The first-order valence-electron chi connectivity index (χ1n) is 9.69. The maximum atomic E-state index is 6.25. The maximum Gasteiger partial charge on any atom is 0.283 e. The highest BCUT2D eigenvalue weighted by Gasteiger charge is 2.47. The van der Waals surface area contributed by atoms with Gasteiger partial charge in [0.25, 0.3) is 6.02 Å². The highest BCUT2D eigenvalue weighted by Crippen LogP contribution is 2.52. The molecule has 30 heavy (non-hydrogen) atoms. The summed E-state index contributed by atoms with van der Waals surface area (Å²) in [4.78, 5) is 13.0. The number of fused-ring (bicyclic) bond motifs is 4. The van der Waals surface area contributed by atoms with Crippen LogP contribution in [0.4, 0.5) is 0 Å². The number of hydrogen-bond donors (Lipinski definition) is 1. The third kappa shape index (κ3) is 2.74. The molecule has 1 spiro atoms. The van der Waals surface area contributed by atoms with Gasteiger partial charge in [0.2, 0.25) is 0 Å². The van der Waals surface area contributed by atoms with Crippen molar-refractivity contribution in [2.75, 3.05) is 13.7 Å². The van der Waals surface area contributed by atoms with E-state index in [0.29, 0.717) is 6.61 Å². The molecule has 3 aromatic rings. The van der Waals surface area contributed by atoms with Crippen molar-refractivity contribution in [1.82, 2.24) is 9.97 Å². The fourth-order valence-corrected chi connectivity index (χ4v) is 3.97. The maximum absolute atomic E-state index is 6.25. The van der Waals surface area contributed by atoms with Crippen LogP contribution in [0.3, 0.4) is 0 Å². The van der Waals surface area contributed by atoms with E-state index in [-0.39, 0.29) is 6.02 Å². The van der Waals surface area contributed by atoms with Gasteiger partial charge in [0, 0.05) is 36.2 Å². The average molecular weight is 402 g/mol. The molecule has 3 heterocycles. The summed E-state index contributed by atoms with van der Waals surface area (Å²) in [7, 11) is 1.70. The molecule has 0 saturated carbocycles. The third-order valence-electron chi connectivity index (χ3n) is 5.90. The Kier molecular flexibility index (Phi) is 4.04. The molecule has 152 valence electrons. The summed E-state index contributed by atoms with van der Waals surface area (Å²) in [6, 6.07) is 12.2. The Morgan fingerprint density at radius 1 is 1.00 bits per heavy atom. The number of nitrogens with two attached hydrogens (primary N) is 1. The quantitative estimate of drug-likeness (QED) is 0.718. The molecule has 0 fully saturated rings. The second kappa shape index (κ2) is 6.53. The Labute approximate surface area is 174 Å². The summed E-state index contributed by atoms with van der Waals surface area (Å²) in [6.07, 6.45) is 5.07. The van der Waals surface area contributed by atoms with E-state index in [0.717, 1.165) is 39.3 Å². The second-order valence-corrected chi connectivity index (χ2v) is 7.96. The summed E-state index contributed by atoms with van der Waals surface area (Å²) in [5.74, 6) is 1.46. The van der Waals surface area contributed by atoms with Gasteiger partial charge in [0.1, 0.15) is 24.4 Å². The number of aromatic nitrogens is 2. The molecular weight excluding hydrogens is 380 g/mol. The van der Waals surface area contributed by atoms with Crippen molar-refractivity contribution in [2.45, 2.75) is 25.0 Å². The molecule has 0 amide bonds. The predicted octanol–water partition coefficient (Wildman–Crippen LogP) is 3.72. The molecule has 0 saturated heterocycles. The van der Waals surface area contributed by atoms with Crippen LogP contribution in [-0.4, -0.2) is 29.7 Å². The normalized spacial score (nSPS) is 19.5. The Morgan fingerprint density at radius 3 is 2.37 bits per heavy atom. The first-order valence-corrected chi connectivity index (χ1v) is 9.69. The van der Waals surface area contributed by atoms with Crippen LogP contribution in [0, 0.1) is 0 Å². The van der Waals surface area contributed by atoms with Gasteiger partial charge >= 0.3 is 0 Å². The van der Waals surface area contributed by atoms with Crippen molar-refractivity contribution in [2.24, 2.45) is 10.7 Å². The van der Waals surface area contributed by atoms with Gasteiger partial charge in [-0.25, -0.2) is 15.0 Å². The summed E-state index contributed by atoms with van der Waals surface area (Å²) in [6.45, 7) is 4.35. The molecule has 7 heteroatoms. The standard InChI is InChI=1S/C23H22N4O3/c1-22(2,28-3)16-5-7-20-18(9-16)23(12-29-21(24)27-23)17-8-14(4-6-19(17)30-20)15-10-25-13-26-11-15/h4-11,13H,12H2,1-3H3,(H2,24,27)/t23-/m0/s1. The van der Waals surface area contributed by atoms with Crippen LogP contribution in [0.15, 0.2) is 60.1 Å². The minimum atomic E-state index is -0.793. The molecule has 0 bridgehead atoms. The summed E-state index contributed by atoms with van der Waals surface area (Å²) < 4.78 is 17.6. The zero-order valence-electron chi connectivity index (χ0n) is 17.0. The molecule has 2 aliphatic heterocycles. The van der Waals surface area contributed by atoms with E-state index in [2.05, 4.69) is 22.1 Å². The number of amidine groups is 1. The van der Waals surface area contributed by atoms with Crippen molar-refractivity contribution in [3.05, 3.63) is 71.8 Å². The van der Waals surface area contributed by atoms with E-state index < -0.39 is 11.1 Å². The fourth-order valence-electron chi connectivity index (χ4n) is 3.97. The van der Waals surface area contributed by atoms with E-state index in [9.17, 15) is 0 Å². The van der Waals surface area contributed by atoms with Crippen molar-refractivity contribution in [3.8, 4) is 22.6 Å². The molecule has 0 unspecified atom stereocenters. The highest BCUT2D eigenvalue weighted by molar-refractivity contribution is 5.78. The van der Waals surface area contributed by atoms with Crippen molar-refractivity contribution in [3.63, 3.8) is 0 Å². The lowest BCUT2D eigenvalue weighted by atomic mass is 9.79. The van der Waals surface area contributed by atoms with Crippen molar-refractivity contribution in [1.29, 1.82) is 0 Å². The van der Waals surface area contributed by atoms with E-state index in [1.165, 1.54) is 6.33 Å². The van der Waals surface area contributed by atoms with E-state index in [1.807, 2.05) is 38.1 Å². The van der Waals surface area contributed by atoms with E-state index >= 15 is 0 Å². The Morgan fingerprint density at radius 2 is 1.70 bits per heavy atom. The Bertz CT molecular complexity index is 1160. The van der Waals surface area contributed by atoms with Crippen LogP contribution in [0.5, 0.6) is 11.5 Å². The number of rotatable bonds is 3. The summed E-state index contributed by atoms with van der Waals surface area (Å²) >= 11 is 0. The number of hydrogen-bond acceptors (Lipinski definition) is 7. The van der Waals surface area contributed by atoms with Crippen LogP contribution >= 0.6 is 0 Å². The van der Waals surface area contributed by atoms with Crippen molar-refractivity contribution < 1.29 is 14.2 Å². The lowest BCUT2D eigenvalue weighted by Gasteiger charge is -2.35. The molecular formula is C23H22N4O3. The zero-order valence-corrected chi connectivity index (χ0v) is 17.0. The smallest absolute Gasteiger partial charge is 0.283 e. The largest absolute Gasteiger partial charge is 0.462 e.